The molecule has 0 amide bonds. The van der Waals surface area contributed by atoms with Gasteiger partial charge in [-0.05, 0) is 36.5 Å². The predicted molar refractivity (Wildman–Crippen MR) is 65.7 cm³/mol. The molecule has 0 saturated carbocycles. The number of aryl methyl sites for hydroxylation is 3. The lowest BCUT2D eigenvalue weighted by Gasteiger charge is -2.02. The third-order valence-electron chi connectivity index (χ3n) is 3.30. The molecule has 0 atom stereocenters. The van der Waals surface area contributed by atoms with E-state index in [1.54, 1.807) is 6.92 Å². The van der Waals surface area contributed by atoms with Crippen LogP contribution in [0.15, 0.2) is 22.6 Å². The van der Waals surface area contributed by atoms with Gasteiger partial charge in [0, 0.05) is 12.5 Å². The van der Waals surface area contributed by atoms with Crippen molar-refractivity contribution < 1.29 is 14.3 Å². The highest BCUT2D eigenvalue weighted by atomic mass is 16.4. The van der Waals surface area contributed by atoms with Crippen molar-refractivity contribution in [3.05, 3.63) is 41.0 Å². The van der Waals surface area contributed by atoms with Gasteiger partial charge in [0.25, 0.3) is 0 Å². The van der Waals surface area contributed by atoms with E-state index in [2.05, 4.69) is 11.1 Å². The van der Waals surface area contributed by atoms with Gasteiger partial charge in [0.2, 0.25) is 5.76 Å². The average Bonchev–Trinajstić information content (AvgIpc) is 2.93. The van der Waals surface area contributed by atoms with E-state index in [4.69, 9.17) is 9.52 Å². The monoisotopic (exact) mass is 243 g/mol. The average molecular weight is 243 g/mol. The van der Waals surface area contributed by atoms with Crippen molar-refractivity contribution in [1.82, 2.24) is 4.98 Å². The highest BCUT2D eigenvalue weighted by molar-refractivity contribution is 5.91. The number of hydrogen-bond acceptors (Lipinski definition) is 3. The molecule has 0 spiro atoms. The zero-order chi connectivity index (χ0) is 12.7. The molecule has 0 aliphatic heterocycles. The molecule has 2 aromatic rings. The number of carbonyl (C=O) groups is 1. The summed E-state index contributed by atoms with van der Waals surface area (Å²) in [4.78, 5) is 15.3. The number of hydrogen-bond donors (Lipinski definition) is 1. The van der Waals surface area contributed by atoms with Crippen LogP contribution in [-0.2, 0) is 12.8 Å². The second-order valence-corrected chi connectivity index (χ2v) is 4.55. The van der Waals surface area contributed by atoms with Crippen LogP contribution in [0.25, 0.3) is 11.3 Å². The molecule has 1 aliphatic rings. The fourth-order valence-electron chi connectivity index (χ4n) is 2.49. The Morgan fingerprint density at radius 1 is 1.33 bits per heavy atom. The maximum Gasteiger partial charge on any atom is 0.374 e. The number of oxazole rings is 1. The molecular formula is C14H13NO3. The zero-order valence-corrected chi connectivity index (χ0v) is 10.1. The van der Waals surface area contributed by atoms with Crippen LogP contribution in [0, 0.1) is 6.92 Å². The van der Waals surface area contributed by atoms with Gasteiger partial charge in [0.1, 0.15) is 5.69 Å². The molecule has 1 aromatic heterocycles. The minimum Gasteiger partial charge on any atom is -0.475 e. The molecule has 18 heavy (non-hydrogen) atoms. The Labute approximate surface area is 104 Å². The minimum atomic E-state index is -1.08. The largest absolute Gasteiger partial charge is 0.475 e. The Balaban J connectivity index is 2.12. The van der Waals surface area contributed by atoms with Crippen LogP contribution in [0.1, 0.15) is 34.0 Å². The number of nitrogens with zero attached hydrogens (tertiary/aromatic N) is 1. The van der Waals surface area contributed by atoms with Gasteiger partial charge >= 0.3 is 5.97 Å². The highest BCUT2D eigenvalue weighted by Gasteiger charge is 2.21. The molecule has 0 saturated heterocycles. The first-order chi connectivity index (χ1) is 8.65. The molecule has 1 N–H and O–H groups in total. The summed E-state index contributed by atoms with van der Waals surface area (Å²) in [5.41, 5.74) is 3.90. The number of benzene rings is 1. The van der Waals surface area contributed by atoms with Gasteiger partial charge in [-0.25, -0.2) is 9.78 Å². The van der Waals surface area contributed by atoms with Gasteiger partial charge in [-0.3, -0.25) is 0 Å². The van der Waals surface area contributed by atoms with E-state index in [0.29, 0.717) is 11.6 Å². The number of rotatable bonds is 2. The number of aromatic nitrogens is 1. The van der Waals surface area contributed by atoms with E-state index in [-0.39, 0.29) is 5.76 Å². The van der Waals surface area contributed by atoms with E-state index in [1.807, 2.05) is 12.1 Å². The van der Waals surface area contributed by atoms with Crippen molar-refractivity contribution >= 4 is 5.97 Å². The van der Waals surface area contributed by atoms with Gasteiger partial charge in [0.15, 0.2) is 5.89 Å². The van der Waals surface area contributed by atoms with Crippen molar-refractivity contribution in [3.63, 3.8) is 0 Å². The molecule has 3 rings (SSSR count). The first-order valence-corrected chi connectivity index (χ1v) is 5.98. The molecule has 0 fully saturated rings. The first-order valence-electron chi connectivity index (χ1n) is 5.98. The molecular weight excluding hydrogens is 230 g/mol. The predicted octanol–water partition coefficient (Wildman–Crippen LogP) is 2.84. The topological polar surface area (TPSA) is 63.3 Å². The summed E-state index contributed by atoms with van der Waals surface area (Å²) in [6.07, 6.45) is 3.34. The molecule has 0 unspecified atom stereocenters. The van der Waals surface area contributed by atoms with Crippen molar-refractivity contribution in [2.75, 3.05) is 0 Å². The number of fused-ring (bicyclic) bond motifs is 1. The zero-order valence-electron chi connectivity index (χ0n) is 10.1. The molecule has 1 heterocycles. The summed E-state index contributed by atoms with van der Waals surface area (Å²) in [6.45, 7) is 1.66. The SMILES string of the molecule is Cc1nc(-c2ccc3c(c2)CCC3)c(C(=O)O)o1. The van der Waals surface area contributed by atoms with E-state index >= 15 is 0 Å². The number of carboxylic acids is 1. The van der Waals surface area contributed by atoms with Crippen LogP contribution in [0.4, 0.5) is 0 Å². The number of carboxylic acid groups (broad SMARTS) is 1. The van der Waals surface area contributed by atoms with E-state index in [0.717, 1.165) is 18.4 Å². The summed E-state index contributed by atoms with van der Waals surface area (Å²) >= 11 is 0. The second kappa shape index (κ2) is 3.98. The Bertz CT molecular complexity index is 628. The summed E-state index contributed by atoms with van der Waals surface area (Å²) in [7, 11) is 0. The first kappa shape index (κ1) is 11.0. The van der Waals surface area contributed by atoms with Gasteiger partial charge in [-0.2, -0.15) is 0 Å². The lowest BCUT2D eigenvalue weighted by atomic mass is 10.0. The minimum absolute atomic E-state index is 0.0783. The Morgan fingerprint density at radius 2 is 2.11 bits per heavy atom. The van der Waals surface area contributed by atoms with Crippen molar-refractivity contribution in [2.24, 2.45) is 0 Å². The van der Waals surface area contributed by atoms with Crippen LogP contribution in [0.2, 0.25) is 0 Å². The normalized spacial score (nSPS) is 13.6. The van der Waals surface area contributed by atoms with E-state index < -0.39 is 5.97 Å². The fraction of sp³-hybridized carbons (Fsp3) is 0.286. The van der Waals surface area contributed by atoms with Gasteiger partial charge in [-0.1, -0.05) is 12.1 Å². The van der Waals surface area contributed by atoms with Crippen LogP contribution < -0.4 is 0 Å². The second-order valence-electron chi connectivity index (χ2n) is 4.55. The van der Waals surface area contributed by atoms with Crippen molar-refractivity contribution in [2.45, 2.75) is 26.2 Å². The molecule has 0 radical (unpaired) electrons. The maximum absolute atomic E-state index is 11.1. The maximum atomic E-state index is 11.1. The Hall–Kier alpha value is -2.10. The third kappa shape index (κ3) is 1.70. The lowest BCUT2D eigenvalue weighted by Crippen LogP contribution is -1.97. The standard InChI is InChI=1S/C14H13NO3/c1-8-15-12(13(18-8)14(16)17)11-6-5-9-3-2-4-10(9)7-11/h5-7H,2-4H2,1H3,(H,16,17). The molecule has 1 aliphatic carbocycles. The van der Waals surface area contributed by atoms with E-state index in [9.17, 15) is 4.79 Å². The van der Waals surface area contributed by atoms with Gasteiger partial charge < -0.3 is 9.52 Å². The van der Waals surface area contributed by atoms with Gasteiger partial charge in [0.05, 0.1) is 0 Å². The highest BCUT2D eigenvalue weighted by Crippen LogP contribution is 2.29. The lowest BCUT2D eigenvalue weighted by molar-refractivity contribution is 0.0662. The summed E-state index contributed by atoms with van der Waals surface area (Å²) in [6, 6.07) is 6.02. The van der Waals surface area contributed by atoms with E-state index in [1.165, 1.54) is 17.5 Å². The third-order valence-corrected chi connectivity index (χ3v) is 3.30. The van der Waals surface area contributed by atoms with Crippen molar-refractivity contribution in [3.8, 4) is 11.3 Å². The Kier molecular flexibility index (Phi) is 2.44. The van der Waals surface area contributed by atoms with Gasteiger partial charge in [-0.15, -0.1) is 0 Å². The molecule has 4 heteroatoms. The molecule has 1 aromatic carbocycles. The summed E-state index contributed by atoms with van der Waals surface area (Å²) in [5, 5.41) is 9.10. The van der Waals surface area contributed by atoms with Crippen LogP contribution >= 0.6 is 0 Å². The smallest absolute Gasteiger partial charge is 0.374 e. The van der Waals surface area contributed by atoms with Crippen LogP contribution in [0.3, 0.4) is 0 Å². The van der Waals surface area contributed by atoms with Crippen LogP contribution in [0.5, 0.6) is 0 Å². The van der Waals surface area contributed by atoms with Crippen molar-refractivity contribution in [1.29, 1.82) is 0 Å². The number of aromatic carboxylic acids is 1. The summed E-state index contributed by atoms with van der Waals surface area (Å²) < 4.78 is 5.14. The van der Waals surface area contributed by atoms with Crippen LogP contribution in [-0.4, -0.2) is 16.1 Å². The Morgan fingerprint density at radius 3 is 2.89 bits per heavy atom. The fourth-order valence-corrected chi connectivity index (χ4v) is 2.49. The summed E-state index contributed by atoms with van der Waals surface area (Å²) in [5.74, 6) is -0.778. The molecule has 4 nitrogen and oxygen atoms in total. The molecule has 92 valence electrons. The quantitative estimate of drug-likeness (QED) is 0.880. The molecule has 0 bridgehead atoms.